The molecule has 224 valence electrons. The summed E-state index contributed by atoms with van der Waals surface area (Å²) < 4.78 is 6.27. The predicted octanol–water partition coefficient (Wildman–Crippen LogP) is 8.35. The van der Waals surface area contributed by atoms with Gasteiger partial charge in [0.1, 0.15) is 6.10 Å². The summed E-state index contributed by atoms with van der Waals surface area (Å²) in [4.78, 5) is 26.3. The molecule has 0 bridgehead atoms. The van der Waals surface area contributed by atoms with Crippen LogP contribution in [0.25, 0.3) is 0 Å². The topological polar surface area (TPSA) is 69.4 Å². The van der Waals surface area contributed by atoms with Crippen molar-refractivity contribution < 1.29 is 14.3 Å². The third-order valence-electron chi connectivity index (χ3n) is 14.7. The zero-order valence-electron chi connectivity index (χ0n) is 26.6. The van der Waals surface area contributed by atoms with Crippen molar-refractivity contribution in [3.63, 3.8) is 0 Å². The van der Waals surface area contributed by atoms with Crippen LogP contribution in [0.3, 0.4) is 0 Å². The van der Waals surface area contributed by atoms with Gasteiger partial charge in [-0.2, -0.15) is 0 Å². The van der Waals surface area contributed by atoms with Crippen LogP contribution in [-0.2, 0) is 9.53 Å². The standard InChI is InChI=1S/C37H53NO3/c1-23-15-20-37(32(38)40)22-21-35(6)26(30(37)24(23)2)13-14-28-34(5)18-17-29(41-31(39)25-11-9-8-10-12-25)33(3,4)27(34)16-19-36(28,35)7/h8-13,23-24,27-30H,14-22H2,1-7H3,(H2,38,40)/t23-,24+,27+,28-,29+,30+,34+,35-,36-,37+/m1/s1. The number of hydrogen-bond acceptors (Lipinski definition) is 3. The van der Waals surface area contributed by atoms with Gasteiger partial charge in [-0.1, -0.05) is 78.3 Å². The highest BCUT2D eigenvalue weighted by Gasteiger charge is 2.69. The van der Waals surface area contributed by atoms with Gasteiger partial charge in [0, 0.05) is 5.41 Å². The van der Waals surface area contributed by atoms with Crippen molar-refractivity contribution in [2.75, 3.05) is 0 Å². The Labute approximate surface area is 248 Å². The van der Waals surface area contributed by atoms with Gasteiger partial charge in [-0.05, 0) is 116 Å². The molecule has 0 saturated heterocycles. The Morgan fingerprint density at radius 3 is 2.24 bits per heavy atom. The molecule has 0 aromatic heterocycles. The molecule has 6 rings (SSSR count). The minimum absolute atomic E-state index is 0.0581. The summed E-state index contributed by atoms with van der Waals surface area (Å²) in [5, 5.41) is 0. The van der Waals surface area contributed by atoms with E-state index in [4.69, 9.17) is 10.5 Å². The van der Waals surface area contributed by atoms with E-state index in [2.05, 4.69) is 54.5 Å². The zero-order chi connectivity index (χ0) is 29.6. The molecule has 0 aliphatic heterocycles. The van der Waals surface area contributed by atoms with Crippen molar-refractivity contribution in [2.45, 2.75) is 112 Å². The smallest absolute Gasteiger partial charge is 0.338 e. The summed E-state index contributed by atoms with van der Waals surface area (Å²) in [6.07, 6.45) is 12.0. The average Bonchev–Trinajstić information content (AvgIpc) is 2.93. The first-order chi connectivity index (χ1) is 19.2. The molecule has 1 aromatic carbocycles. The van der Waals surface area contributed by atoms with Gasteiger partial charge < -0.3 is 10.5 Å². The number of allylic oxidation sites excluding steroid dienone is 2. The van der Waals surface area contributed by atoms with E-state index >= 15 is 0 Å². The van der Waals surface area contributed by atoms with Gasteiger partial charge in [0.25, 0.3) is 0 Å². The highest BCUT2D eigenvalue weighted by molar-refractivity contribution is 5.89. The minimum atomic E-state index is -0.371. The molecule has 0 heterocycles. The molecule has 4 heteroatoms. The Balaban J connectivity index is 1.33. The van der Waals surface area contributed by atoms with Crippen LogP contribution < -0.4 is 5.73 Å². The SMILES string of the molecule is C[C@H]1[C@H](C)CC[C@]2(C(N)=O)CC[C@]3(C)C(=CC[C@@H]4[C@@]5(C)CC[C@H](OC(=O)c6ccccc6)C(C)(C)[C@@H]5CC[C@]43C)[C@H]12. The van der Waals surface area contributed by atoms with Crippen LogP contribution in [0, 0.1) is 56.7 Å². The Kier molecular flexibility index (Phi) is 6.68. The highest BCUT2D eigenvalue weighted by atomic mass is 16.5. The quantitative estimate of drug-likeness (QED) is 0.299. The maximum absolute atomic E-state index is 13.2. The lowest BCUT2D eigenvalue weighted by molar-refractivity contribution is -0.204. The monoisotopic (exact) mass is 559 g/mol. The molecule has 41 heavy (non-hydrogen) atoms. The lowest BCUT2D eigenvalue weighted by Gasteiger charge is -2.71. The van der Waals surface area contributed by atoms with Crippen LogP contribution in [0.5, 0.6) is 0 Å². The second-order valence-corrected chi connectivity index (χ2v) is 16.3. The van der Waals surface area contributed by atoms with Crippen molar-refractivity contribution >= 4 is 11.9 Å². The summed E-state index contributed by atoms with van der Waals surface area (Å²) in [5.41, 5.74) is 8.46. The molecule has 4 fully saturated rings. The minimum Gasteiger partial charge on any atom is -0.458 e. The summed E-state index contributed by atoms with van der Waals surface area (Å²) >= 11 is 0. The average molecular weight is 560 g/mol. The van der Waals surface area contributed by atoms with E-state index in [-0.39, 0.29) is 51.0 Å². The number of amides is 1. The number of nitrogens with two attached hydrogens (primary N) is 1. The molecule has 5 aliphatic rings. The van der Waals surface area contributed by atoms with Crippen molar-refractivity contribution in [3.05, 3.63) is 47.5 Å². The van der Waals surface area contributed by atoms with Crippen LogP contribution in [0.1, 0.15) is 117 Å². The molecule has 0 unspecified atom stereocenters. The molecule has 1 amide bonds. The fourth-order valence-electron chi connectivity index (χ4n) is 11.9. The van der Waals surface area contributed by atoms with Crippen LogP contribution in [-0.4, -0.2) is 18.0 Å². The Morgan fingerprint density at radius 1 is 0.854 bits per heavy atom. The first-order valence-electron chi connectivity index (χ1n) is 16.5. The summed E-state index contributed by atoms with van der Waals surface area (Å²) in [5.74, 6) is 2.18. The maximum atomic E-state index is 13.2. The molecule has 0 spiro atoms. The van der Waals surface area contributed by atoms with Crippen molar-refractivity contribution in [1.29, 1.82) is 0 Å². The second-order valence-electron chi connectivity index (χ2n) is 16.3. The van der Waals surface area contributed by atoms with Gasteiger partial charge in [0.15, 0.2) is 0 Å². The number of ether oxygens (including phenoxy) is 1. The number of benzene rings is 1. The summed E-state index contributed by atoms with van der Waals surface area (Å²) in [7, 11) is 0. The molecule has 4 saturated carbocycles. The molecule has 10 atom stereocenters. The van der Waals surface area contributed by atoms with E-state index in [1.165, 1.54) is 6.42 Å². The molecule has 4 nitrogen and oxygen atoms in total. The summed E-state index contributed by atoms with van der Waals surface area (Å²) in [6, 6.07) is 9.45. The van der Waals surface area contributed by atoms with E-state index < -0.39 is 0 Å². The van der Waals surface area contributed by atoms with Crippen molar-refractivity contribution in [3.8, 4) is 0 Å². The van der Waals surface area contributed by atoms with Crippen molar-refractivity contribution in [2.24, 2.45) is 62.4 Å². The third kappa shape index (κ3) is 3.83. The lowest BCUT2D eigenvalue weighted by atomic mass is 9.33. The first-order valence-corrected chi connectivity index (χ1v) is 16.5. The normalized spacial score (nSPS) is 46.6. The van der Waals surface area contributed by atoms with Gasteiger partial charge in [-0.3, -0.25) is 4.79 Å². The number of carbonyl (C=O) groups excluding carboxylic acids is 2. The van der Waals surface area contributed by atoms with E-state index in [1.54, 1.807) is 5.57 Å². The largest absolute Gasteiger partial charge is 0.458 e. The van der Waals surface area contributed by atoms with E-state index in [9.17, 15) is 9.59 Å². The Hall–Kier alpha value is -2.10. The molecule has 2 N–H and O–H groups in total. The van der Waals surface area contributed by atoms with Crippen molar-refractivity contribution in [1.82, 2.24) is 0 Å². The number of carbonyl (C=O) groups is 2. The van der Waals surface area contributed by atoms with E-state index in [0.717, 1.165) is 51.4 Å². The number of rotatable bonds is 3. The molecule has 5 aliphatic carbocycles. The van der Waals surface area contributed by atoms with Gasteiger partial charge in [0.2, 0.25) is 5.91 Å². The number of esters is 1. The van der Waals surface area contributed by atoms with E-state index in [0.29, 0.717) is 29.2 Å². The summed E-state index contributed by atoms with van der Waals surface area (Å²) in [6.45, 7) is 17.2. The Morgan fingerprint density at radius 2 is 1.56 bits per heavy atom. The van der Waals surface area contributed by atoms with Crippen LogP contribution >= 0.6 is 0 Å². The highest BCUT2D eigenvalue weighted by Crippen LogP contribution is 2.75. The lowest BCUT2D eigenvalue weighted by Crippen LogP contribution is -2.66. The van der Waals surface area contributed by atoms with Gasteiger partial charge >= 0.3 is 5.97 Å². The maximum Gasteiger partial charge on any atom is 0.338 e. The zero-order valence-corrected chi connectivity index (χ0v) is 26.6. The van der Waals surface area contributed by atoms with Crippen LogP contribution in [0.15, 0.2) is 42.0 Å². The first kappa shape index (κ1) is 29.0. The van der Waals surface area contributed by atoms with Gasteiger partial charge in [-0.15, -0.1) is 0 Å². The molecule has 1 aromatic rings. The van der Waals surface area contributed by atoms with Gasteiger partial charge in [-0.25, -0.2) is 4.79 Å². The number of fused-ring (bicyclic) bond motifs is 7. The second kappa shape index (κ2) is 9.45. The van der Waals surface area contributed by atoms with Gasteiger partial charge in [0.05, 0.1) is 11.0 Å². The molecular formula is C37H53NO3. The fraction of sp³-hybridized carbons (Fsp3) is 0.730. The molecule has 0 radical (unpaired) electrons. The van der Waals surface area contributed by atoms with E-state index in [1.807, 2.05) is 30.3 Å². The predicted molar refractivity (Wildman–Crippen MR) is 164 cm³/mol. The number of primary amides is 1. The molecular weight excluding hydrogens is 506 g/mol. The Bertz CT molecular complexity index is 1250. The number of hydrogen-bond donors (Lipinski definition) is 1. The third-order valence-corrected chi connectivity index (χ3v) is 14.7. The fourth-order valence-corrected chi connectivity index (χ4v) is 11.9. The van der Waals surface area contributed by atoms with Crippen LogP contribution in [0.4, 0.5) is 0 Å². The van der Waals surface area contributed by atoms with Crippen LogP contribution in [0.2, 0.25) is 0 Å².